The molecular weight excluding hydrogens is 325 g/mol. The van der Waals surface area contributed by atoms with Gasteiger partial charge in [0.15, 0.2) is 0 Å². The molecule has 0 saturated carbocycles. The largest absolute Gasteiger partial charge is 0.335 e. The first-order valence-corrected chi connectivity index (χ1v) is 6.33. The molecule has 0 aliphatic rings. The second kappa shape index (κ2) is 9.02. The van der Waals surface area contributed by atoms with Gasteiger partial charge in [-0.1, -0.05) is 23.2 Å². The molecule has 0 bridgehead atoms. The van der Waals surface area contributed by atoms with Gasteiger partial charge in [-0.2, -0.15) is 0 Å². The fourth-order valence-corrected chi connectivity index (χ4v) is 1.66. The first-order chi connectivity index (χ1) is 8.93. The molecule has 112 valence electrons. The molecule has 0 radical (unpaired) electrons. The molecule has 0 fully saturated rings. The zero-order valence-electron chi connectivity index (χ0n) is 11.1. The van der Waals surface area contributed by atoms with Crippen molar-refractivity contribution in [1.29, 1.82) is 0 Å². The van der Waals surface area contributed by atoms with Crippen LogP contribution >= 0.6 is 35.6 Å². The summed E-state index contributed by atoms with van der Waals surface area (Å²) < 4.78 is 0. The fourth-order valence-electron chi connectivity index (χ4n) is 1.36. The zero-order valence-corrected chi connectivity index (χ0v) is 13.4. The molecule has 0 heterocycles. The number of hydrogen-bond donors (Lipinski definition) is 2. The smallest absolute Gasteiger partial charge is 0.243 e. The molecule has 5 nitrogen and oxygen atoms in total. The van der Waals surface area contributed by atoms with E-state index >= 15 is 0 Å². The minimum Gasteiger partial charge on any atom is -0.335 e. The van der Waals surface area contributed by atoms with Crippen molar-refractivity contribution in [3.8, 4) is 0 Å². The van der Waals surface area contributed by atoms with Crippen molar-refractivity contribution in [2.75, 3.05) is 32.5 Å². The lowest BCUT2D eigenvalue weighted by atomic mass is 10.3. The Morgan fingerprint density at radius 3 is 2.45 bits per heavy atom. The maximum Gasteiger partial charge on any atom is 0.243 e. The highest BCUT2D eigenvalue weighted by atomic mass is 35.5. The maximum absolute atomic E-state index is 11.7. The minimum absolute atomic E-state index is 0. The van der Waals surface area contributed by atoms with E-state index in [-0.39, 0.29) is 37.3 Å². The molecule has 0 unspecified atom stereocenters. The summed E-state index contributed by atoms with van der Waals surface area (Å²) in [5, 5.41) is 6.15. The van der Waals surface area contributed by atoms with Gasteiger partial charge in [0.2, 0.25) is 11.8 Å². The van der Waals surface area contributed by atoms with Crippen molar-refractivity contribution in [3.05, 3.63) is 28.2 Å². The van der Waals surface area contributed by atoms with Crippen LogP contribution in [0.1, 0.15) is 0 Å². The SMILES string of the molecule is CNCC(=O)N(C)CC(=O)Nc1ccc(Cl)c(Cl)c1.Cl. The number of halogens is 3. The fraction of sp³-hybridized carbons (Fsp3) is 0.333. The number of anilines is 1. The van der Waals surface area contributed by atoms with E-state index in [1.54, 1.807) is 32.3 Å². The van der Waals surface area contributed by atoms with E-state index < -0.39 is 0 Å². The highest BCUT2D eigenvalue weighted by molar-refractivity contribution is 6.42. The summed E-state index contributed by atoms with van der Waals surface area (Å²) >= 11 is 11.6. The summed E-state index contributed by atoms with van der Waals surface area (Å²) in [5.74, 6) is -0.461. The summed E-state index contributed by atoms with van der Waals surface area (Å²) in [6.07, 6.45) is 0. The van der Waals surface area contributed by atoms with Crippen LogP contribution in [0.25, 0.3) is 0 Å². The zero-order chi connectivity index (χ0) is 14.4. The molecule has 1 rings (SSSR count). The van der Waals surface area contributed by atoms with Crippen LogP contribution in [-0.4, -0.2) is 43.9 Å². The summed E-state index contributed by atoms with van der Waals surface area (Å²) in [5.41, 5.74) is 0.536. The first-order valence-electron chi connectivity index (χ1n) is 5.57. The van der Waals surface area contributed by atoms with Crippen LogP contribution in [0.5, 0.6) is 0 Å². The molecular formula is C12H16Cl3N3O2. The van der Waals surface area contributed by atoms with Crippen molar-refractivity contribution < 1.29 is 9.59 Å². The van der Waals surface area contributed by atoms with Crippen LogP contribution < -0.4 is 10.6 Å². The molecule has 1 aromatic rings. The Balaban J connectivity index is 0.00000361. The predicted molar refractivity (Wildman–Crippen MR) is 83.9 cm³/mol. The minimum atomic E-state index is -0.301. The van der Waals surface area contributed by atoms with E-state index in [1.807, 2.05) is 0 Å². The molecule has 0 spiro atoms. The number of amides is 2. The van der Waals surface area contributed by atoms with Crippen molar-refractivity contribution in [3.63, 3.8) is 0 Å². The third kappa shape index (κ3) is 5.96. The maximum atomic E-state index is 11.7. The first kappa shape index (κ1) is 19.0. The van der Waals surface area contributed by atoms with Crippen LogP contribution in [0.2, 0.25) is 10.0 Å². The topological polar surface area (TPSA) is 61.4 Å². The number of nitrogens with one attached hydrogen (secondary N) is 2. The van der Waals surface area contributed by atoms with Crippen molar-refractivity contribution >= 4 is 53.1 Å². The average Bonchev–Trinajstić information content (AvgIpc) is 2.34. The van der Waals surface area contributed by atoms with Gasteiger partial charge in [0, 0.05) is 12.7 Å². The lowest BCUT2D eigenvalue weighted by Crippen LogP contribution is -2.39. The third-order valence-electron chi connectivity index (χ3n) is 2.34. The number of benzene rings is 1. The molecule has 1 aromatic carbocycles. The number of likely N-dealkylation sites (N-methyl/N-ethyl adjacent to an activating group) is 2. The van der Waals surface area contributed by atoms with E-state index in [4.69, 9.17) is 23.2 Å². The Kier molecular flexibility index (Phi) is 8.57. The van der Waals surface area contributed by atoms with E-state index in [2.05, 4.69) is 10.6 Å². The number of hydrogen-bond acceptors (Lipinski definition) is 3. The quantitative estimate of drug-likeness (QED) is 0.862. The van der Waals surface area contributed by atoms with E-state index in [1.165, 1.54) is 4.90 Å². The van der Waals surface area contributed by atoms with Gasteiger partial charge in [0.25, 0.3) is 0 Å². The Morgan fingerprint density at radius 2 is 1.90 bits per heavy atom. The van der Waals surface area contributed by atoms with Gasteiger partial charge in [0.1, 0.15) is 0 Å². The molecule has 0 saturated heterocycles. The molecule has 0 aliphatic heterocycles. The molecule has 20 heavy (non-hydrogen) atoms. The molecule has 0 atom stereocenters. The Morgan fingerprint density at radius 1 is 1.25 bits per heavy atom. The molecule has 0 aromatic heterocycles. The standard InChI is InChI=1S/C12H15Cl2N3O2.ClH/c1-15-6-12(19)17(2)7-11(18)16-8-3-4-9(13)10(14)5-8;/h3-5,15H,6-7H2,1-2H3,(H,16,18);1H. The summed E-state index contributed by atoms with van der Waals surface area (Å²) in [6, 6.07) is 4.79. The van der Waals surface area contributed by atoms with E-state index in [9.17, 15) is 9.59 Å². The van der Waals surface area contributed by atoms with E-state index in [0.29, 0.717) is 15.7 Å². The van der Waals surface area contributed by atoms with Gasteiger partial charge in [-0.05, 0) is 25.2 Å². The Bertz CT molecular complexity index is 483. The second-order valence-electron chi connectivity index (χ2n) is 3.96. The average molecular weight is 341 g/mol. The van der Waals surface area contributed by atoms with Gasteiger partial charge in [-0.15, -0.1) is 12.4 Å². The van der Waals surface area contributed by atoms with Gasteiger partial charge in [-0.3, -0.25) is 9.59 Å². The van der Waals surface area contributed by atoms with Crippen LogP contribution in [0.3, 0.4) is 0 Å². The highest BCUT2D eigenvalue weighted by Gasteiger charge is 2.12. The molecule has 0 aliphatic carbocycles. The number of nitrogens with zero attached hydrogens (tertiary/aromatic N) is 1. The van der Waals surface area contributed by atoms with Gasteiger partial charge >= 0.3 is 0 Å². The summed E-state index contributed by atoms with van der Waals surface area (Å²) in [7, 11) is 3.23. The lowest BCUT2D eigenvalue weighted by molar-refractivity contribution is -0.132. The molecule has 8 heteroatoms. The third-order valence-corrected chi connectivity index (χ3v) is 3.08. The van der Waals surface area contributed by atoms with Crippen LogP contribution in [0, 0.1) is 0 Å². The lowest BCUT2D eigenvalue weighted by Gasteiger charge is -2.16. The number of carbonyl (C=O) groups is 2. The van der Waals surface area contributed by atoms with Crippen LogP contribution in [0.15, 0.2) is 18.2 Å². The van der Waals surface area contributed by atoms with Gasteiger partial charge < -0.3 is 15.5 Å². The summed E-state index contributed by atoms with van der Waals surface area (Å²) in [6.45, 7) is 0.164. The molecule has 2 amide bonds. The van der Waals surface area contributed by atoms with E-state index in [0.717, 1.165) is 0 Å². The summed E-state index contributed by atoms with van der Waals surface area (Å²) in [4.78, 5) is 24.5. The number of rotatable bonds is 5. The van der Waals surface area contributed by atoms with Gasteiger partial charge in [0.05, 0.1) is 23.1 Å². The van der Waals surface area contributed by atoms with Crippen molar-refractivity contribution in [2.45, 2.75) is 0 Å². The van der Waals surface area contributed by atoms with Gasteiger partial charge in [-0.25, -0.2) is 0 Å². The Hall–Kier alpha value is -1.01. The second-order valence-corrected chi connectivity index (χ2v) is 4.77. The van der Waals surface area contributed by atoms with Crippen molar-refractivity contribution in [1.82, 2.24) is 10.2 Å². The van der Waals surface area contributed by atoms with Crippen LogP contribution in [0.4, 0.5) is 5.69 Å². The predicted octanol–water partition coefficient (Wildman–Crippen LogP) is 2.03. The highest BCUT2D eigenvalue weighted by Crippen LogP contribution is 2.24. The Labute approximate surface area is 134 Å². The van der Waals surface area contributed by atoms with Crippen molar-refractivity contribution in [2.24, 2.45) is 0 Å². The van der Waals surface area contributed by atoms with Crippen LogP contribution in [-0.2, 0) is 9.59 Å². The monoisotopic (exact) mass is 339 g/mol. The molecule has 2 N–H and O–H groups in total. The number of carbonyl (C=O) groups excluding carboxylic acids is 2. The normalized spacial score (nSPS) is 9.60.